The highest BCUT2D eigenvalue weighted by atomic mass is 16.2. The number of hydrogen-bond donors (Lipinski definition) is 2. The van der Waals surface area contributed by atoms with Crippen molar-refractivity contribution in [2.75, 3.05) is 5.73 Å². The molecule has 0 saturated heterocycles. The van der Waals surface area contributed by atoms with Crippen LogP contribution in [-0.4, -0.2) is 39.6 Å². The highest BCUT2D eigenvalue weighted by Gasteiger charge is 2.25. The van der Waals surface area contributed by atoms with E-state index in [1.54, 1.807) is 54.5 Å². The lowest BCUT2D eigenvalue weighted by molar-refractivity contribution is 0.0940. The summed E-state index contributed by atoms with van der Waals surface area (Å²) in [4.78, 5) is 40.9. The van der Waals surface area contributed by atoms with Crippen molar-refractivity contribution < 1.29 is 4.79 Å². The van der Waals surface area contributed by atoms with Gasteiger partial charge in [-0.3, -0.25) is 14.2 Å². The largest absolute Gasteiger partial charge is 0.381 e. The van der Waals surface area contributed by atoms with Crippen molar-refractivity contribution in [2.24, 2.45) is 7.05 Å². The Morgan fingerprint density at radius 3 is 2.63 bits per heavy atom. The maximum atomic E-state index is 14.2. The number of hydrogen-bond acceptors (Lipinski definition) is 7. The van der Waals surface area contributed by atoms with Gasteiger partial charge in [0.25, 0.3) is 11.5 Å². The van der Waals surface area contributed by atoms with Crippen LogP contribution in [0.5, 0.6) is 0 Å². The maximum Gasteiger partial charge on any atom is 0.267 e. The van der Waals surface area contributed by atoms with E-state index in [2.05, 4.69) is 32.2 Å². The number of aromatic nitrogens is 7. The monoisotopic (exact) mass is 543 g/mol. The maximum absolute atomic E-state index is 14.2. The van der Waals surface area contributed by atoms with Crippen molar-refractivity contribution in [3.8, 4) is 17.5 Å². The Kier molecular flexibility index (Phi) is 6.28. The summed E-state index contributed by atoms with van der Waals surface area (Å²) in [7, 11) is 1.85. The molecule has 0 radical (unpaired) electrons. The number of para-hydroxylation sites is 1. The topological polar surface area (TPSA) is 138 Å². The van der Waals surface area contributed by atoms with E-state index in [1.165, 1.54) is 9.08 Å². The number of nitrogens with two attached hydrogens (primary N) is 1. The first-order chi connectivity index (χ1) is 19.8. The minimum atomic E-state index is -0.692. The Morgan fingerprint density at radius 1 is 1.07 bits per heavy atom. The van der Waals surface area contributed by atoms with Crippen molar-refractivity contribution in [1.29, 1.82) is 0 Å². The smallest absolute Gasteiger partial charge is 0.267 e. The average Bonchev–Trinajstić information content (AvgIpc) is 3.54. The van der Waals surface area contributed by atoms with Gasteiger partial charge in [0, 0.05) is 24.5 Å². The molecule has 2 aromatic carbocycles. The first-order valence-electron chi connectivity index (χ1n) is 12.8. The number of carbonyl (C=O) groups is 1. The summed E-state index contributed by atoms with van der Waals surface area (Å²) in [6.07, 6.45) is 4.92. The number of nitrogens with one attached hydrogen (secondary N) is 1. The average molecular weight is 544 g/mol. The molecule has 1 amide bonds. The standard InChI is InChI=1S/C30H25N9O2/c1-18-14-15-33-28-25(26(31)36-39(18)28)29(40)34-19(2)27-35-23-11-7-8-20(12-13-22-16-32-17-37(22)3)24(23)30(41)38(27)21-9-5-4-6-10-21/h4-11,14-17,19H,1-3H3,(H2,31,36)(H,34,40). The second-order valence-electron chi connectivity index (χ2n) is 9.56. The summed E-state index contributed by atoms with van der Waals surface area (Å²) in [6.45, 7) is 3.61. The molecule has 11 heteroatoms. The molecular formula is C30H25N9O2. The Morgan fingerprint density at radius 2 is 1.88 bits per heavy atom. The lowest BCUT2D eigenvalue weighted by atomic mass is 10.1. The predicted octanol–water partition coefficient (Wildman–Crippen LogP) is 2.94. The van der Waals surface area contributed by atoms with E-state index >= 15 is 0 Å². The predicted molar refractivity (Wildman–Crippen MR) is 155 cm³/mol. The zero-order valence-electron chi connectivity index (χ0n) is 22.5. The minimum Gasteiger partial charge on any atom is -0.381 e. The number of carbonyl (C=O) groups excluding carboxylic acids is 1. The van der Waals surface area contributed by atoms with Crippen LogP contribution in [0.2, 0.25) is 0 Å². The second-order valence-corrected chi connectivity index (χ2v) is 9.56. The van der Waals surface area contributed by atoms with Crippen LogP contribution in [0.25, 0.3) is 22.2 Å². The number of nitrogens with zero attached hydrogens (tertiary/aromatic N) is 7. The molecule has 0 aliphatic carbocycles. The van der Waals surface area contributed by atoms with E-state index in [4.69, 9.17) is 10.7 Å². The second kappa shape index (κ2) is 10.1. The van der Waals surface area contributed by atoms with Crippen LogP contribution in [0.15, 0.2) is 78.1 Å². The fourth-order valence-corrected chi connectivity index (χ4v) is 4.71. The molecule has 202 valence electrons. The number of imidazole rings is 1. The first kappa shape index (κ1) is 25.5. The van der Waals surface area contributed by atoms with Gasteiger partial charge in [-0.15, -0.1) is 5.10 Å². The summed E-state index contributed by atoms with van der Waals surface area (Å²) in [5.74, 6) is 6.12. The van der Waals surface area contributed by atoms with Gasteiger partial charge < -0.3 is 15.6 Å². The first-order valence-corrected chi connectivity index (χ1v) is 12.8. The highest BCUT2D eigenvalue weighted by molar-refractivity contribution is 6.04. The van der Waals surface area contributed by atoms with Crippen LogP contribution in [0.1, 0.15) is 46.1 Å². The fourth-order valence-electron chi connectivity index (χ4n) is 4.71. The molecule has 41 heavy (non-hydrogen) atoms. The molecule has 1 unspecified atom stereocenters. The number of nitrogen functional groups attached to an aromatic ring is 1. The molecule has 0 fully saturated rings. The molecule has 4 aromatic heterocycles. The Hall–Kier alpha value is -5.76. The van der Waals surface area contributed by atoms with Crippen LogP contribution >= 0.6 is 0 Å². The number of amides is 1. The Labute approximate surface area is 234 Å². The molecule has 3 N–H and O–H groups in total. The SMILES string of the molecule is Cc1ccnc2c(C(=O)NC(C)c3nc4cccc(C#Cc5cncn5C)c4c(=O)n3-c3ccccc3)c(N)nn12. The molecule has 0 bridgehead atoms. The zero-order chi connectivity index (χ0) is 28.7. The third-order valence-electron chi connectivity index (χ3n) is 6.78. The molecular weight excluding hydrogens is 518 g/mol. The molecule has 0 saturated carbocycles. The summed E-state index contributed by atoms with van der Waals surface area (Å²) in [5, 5.41) is 7.59. The van der Waals surface area contributed by atoms with E-state index in [1.807, 2.05) is 44.3 Å². The summed E-state index contributed by atoms with van der Waals surface area (Å²) >= 11 is 0. The van der Waals surface area contributed by atoms with Gasteiger partial charge in [0.2, 0.25) is 0 Å². The molecule has 11 nitrogen and oxygen atoms in total. The lowest BCUT2D eigenvalue weighted by Crippen LogP contribution is -2.33. The number of fused-ring (bicyclic) bond motifs is 2. The number of rotatable bonds is 4. The van der Waals surface area contributed by atoms with Crippen LogP contribution in [0.3, 0.4) is 0 Å². The molecule has 6 aromatic rings. The lowest BCUT2D eigenvalue weighted by Gasteiger charge is -2.20. The summed E-state index contributed by atoms with van der Waals surface area (Å²) in [5.41, 5.74) is 9.41. The van der Waals surface area contributed by atoms with Gasteiger partial charge >= 0.3 is 0 Å². The number of benzene rings is 2. The molecule has 0 spiro atoms. The normalized spacial score (nSPS) is 11.8. The van der Waals surface area contributed by atoms with Crippen LogP contribution < -0.4 is 16.6 Å². The van der Waals surface area contributed by atoms with Gasteiger partial charge in [-0.05, 0) is 50.1 Å². The van der Waals surface area contributed by atoms with E-state index in [-0.39, 0.29) is 16.9 Å². The Balaban J connectivity index is 1.48. The number of anilines is 1. The van der Waals surface area contributed by atoms with Crippen molar-refractivity contribution in [3.63, 3.8) is 0 Å². The van der Waals surface area contributed by atoms with Crippen molar-refractivity contribution in [1.82, 2.24) is 39.0 Å². The van der Waals surface area contributed by atoms with E-state index in [0.717, 1.165) is 5.69 Å². The molecule has 0 aliphatic heterocycles. The minimum absolute atomic E-state index is 0.0556. The molecule has 1 atom stereocenters. The summed E-state index contributed by atoms with van der Waals surface area (Å²) in [6, 6.07) is 15.6. The molecule has 6 rings (SSSR count). The van der Waals surface area contributed by atoms with E-state index < -0.39 is 11.9 Å². The van der Waals surface area contributed by atoms with Crippen molar-refractivity contribution in [2.45, 2.75) is 19.9 Å². The van der Waals surface area contributed by atoms with Crippen LogP contribution in [-0.2, 0) is 7.05 Å². The van der Waals surface area contributed by atoms with Gasteiger partial charge in [0.15, 0.2) is 11.5 Å². The van der Waals surface area contributed by atoms with Crippen LogP contribution in [0, 0.1) is 18.8 Å². The van der Waals surface area contributed by atoms with Gasteiger partial charge in [0.1, 0.15) is 17.1 Å². The third kappa shape index (κ3) is 4.47. The van der Waals surface area contributed by atoms with E-state index in [0.29, 0.717) is 39.3 Å². The Bertz CT molecular complexity index is 2080. The summed E-state index contributed by atoms with van der Waals surface area (Å²) < 4.78 is 4.83. The van der Waals surface area contributed by atoms with Gasteiger partial charge in [-0.25, -0.2) is 19.5 Å². The molecule has 4 heterocycles. The van der Waals surface area contributed by atoms with Crippen molar-refractivity contribution in [3.05, 3.63) is 112 Å². The van der Waals surface area contributed by atoms with Crippen molar-refractivity contribution >= 4 is 28.3 Å². The quantitative estimate of drug-likeness (QED) is 0.326. The zero-order valence-corrected chi connectivity index (χ0v) is 22.5. The van der Waals surface area contributed by atoms with Gasteiger partial charge in [-0.2, -0.15) is 0 Å². The van der Waals surface area contributed by atoms with Gasteiger partial charge in [0.05, 0.1) is 35.2 Å². The van der Waals surface area contributed by atoms with E-state index in [9.17, 15) is 9.59 Å². The highest BCUT2D eigenvalue weighted by Crippen LogP contribution is 2.22. The molecule has 0 aliphatic rings. The fraction of sp³-hybridized carbons (Fsp3) is 0.133. The number of aryl methyl sites for hydroxylation is 2. The third-order valence-corrected chi connectivity index (χ3v) is 6.78. The van der Waals surface area contributed by atoms with Crippen LogP contribution in [0.4, 0.5) is 5.82 Å². The van der Waals surface area contributed by atoms with Gasteiger partial charge in [-0.1, -0.05) is 30.2 Å².